The molecule has 0 saturated carbocycles. The summed E-state index contributed by atoms with van der Waals surface area (Å²) in [5, 5.41) is 2.61. The molecule has 0 N–H and O–H groups in total. The summed E-state index contributed by atoms with van der Waals surface area (Å²) >= 11 is 1.82. The van der Waals surface area contributed by atoms with Crippen molar-refractivity contribution in [3.05, 3.63) is 84.6 Å². The van der Waals surface area contributed by atoms with Gasteiger partial charge in [-0.3, -0.25) is 0 Å². The first-order valence-corrected chi connectivity index (χ1v) is 9.42. The summed E-state index contributed by atoms with van der Waals surface area (Å²) in [7, 11) is 0. The molecule has 0 aliphatic rings. The summed E-state index contributed by atoms with van der Waals surface area (Å²) in [4.78, 5) is 9.51. The van der Waals surface area contributed by atoms with Crippen LogP contribution in [0.15, 0.2) is 78.9 Å². The molecule has 0 amide bonds. The normalized spacial score (nSPS) is 11.3. The summed E-state index contributed by atoms with van der Waals surface area (Å²) in [5.74, 6) is 0.781. The Hall–Kier alpha value is -3.04. The van der Waals surface area contributed by atoms with Gasteiger partial charge in [-0.2, -0.15) is 0 Å². The van der Waals surface area contributed by atoms with Crippen LogP contribution in [0.3, 0.4) is 0 Å². The number of aromatic nitrogens is 2. The fourth-order valence-corrected chi connectivity index (χ4v) is 4.46. The highest BCUT2D eigenvalue weighted by Gasteiger charge is 2.10. The third-order valence-corrected chi connectivity index (χ3v) is 5.69. The third-order valence-electron chi connectivity index (χ3n) is 4.56. The second-order valence-electron chi connectivity index (χ2n) is 6.39. The van der Waals surface area contributed by atoms with Gasteiger partial charge in [0.05, 0.1) is 5.69 Å². The van der Waals surface area contributed by atoms with Crippen LogP contribution in [0.2, 0.25) is 0 Å². The maximum Gasteiger partial charge on any atom is 0.160 e. The van der Waals surface area contributed by atoms with Gasteiger partial charge < -0.3 is 0 Å². The van der Waals surface area contributed by atoms with Crippen LogP contribution in [0.25, 0.3) is 42.8 Å². The minimum Gasteiger partial charge on any atom is -0.233 e. The van der Waals surface area contributed by atoms with Gasteiger partial charge in [-0.05, 0) is 25.1 Å². The number of rotatable bonds is 2. The van der Waals surface area contributed by atoms with Gasteiger partial charge in [-0.25, -0.2) is 9.97 Å². The van der Waals surface area contributed by atoms with E-state index in [4.69, 9.17) is 4.98 Å². The summed E-state index contributed by atoms with van der Waals surface area (Å²) in [6, 6.07) is 27.4. The van der Waals surface area contributed by atoms with E-state index in [0.717, 1.165) is 28.3 Å². The first-order valence-electron chi connectivity index (χ1n) is 8.61. The Balaban J connectivity index is 1.67. The van der Waals surface area contributed by atoms with Crippen molar-refractivity contribution in [1.29, 1.82) is 0 Å². The number of hydrogen-bond donors (Lipinski definition) is 0. The van der Waals surface area contributed by atoms with Crippen molar-refractivity contribution in [3.8, 4) is 22.6 Å². The van der Waals surface area contributed by atoms with E-state index in [-0.39, 0.29) is 0 Å². The lowest BCUT2D eigenvalue weighted by Gasteiger charge is -2.07. The van der Waals surface area contributed by atoms with E-state index in [9.17, 15) is 0 Å². The van der Waals surface area contributed by atoms with Gasteiger partial charge in [0, 0.05) is 37.0 Å². The average molecular weight is 352 g/mol. The van der Waals surface area contributed by atoms with Crippen molar-refractivity contribution in [3.63, 3.8) is 0 Å². The molecule has 5 aromatic rings. The lowest BCUT2D eigenvalue weighted by Crippen LogP contribution is -1.94. The minimum atomic E-state index is 0.781. The quantitative estimate of drug-likeness (QED) is 0.363. The minimum absolute atomic E-state index is 0.781. The van der Waals surface area contributed by atoms with Crippen molar-refractivity contribution in [2.75, 3.05) is 0 Å². The van der Waals surface area contributed by atoms with Gasteiger partial charge in [0.1, 0.15) is 0 Å². The highest BCUT2D eigenvalue weighted by atomic mass is 32.1. The topological polar surface area (TPSA) is 25.8 Å². The molecule has 2 aromatic heterocycles. The van der Waals surface area contributed by atoms with Crippen LogP contribution >= 0.6 is 11.3 Å². The lowest BCUT2D eigenvalue weighted by molar-refractivity contribution is 1.12. The second-order valence-corrected chi connectivity index (χ2v) is 7.48. The molecule has 2 heterocycles. The Morgan fingerprint density at radius 1 is 0.654 bits per heavy atom. The zero-order valence-electron chi connectivity index (χ0n) is 14.3. The molecule has 0 saturated heterocycles. The number of benzene rings is 3. The third kappa shape index (κ3) is 2.57. The van der Waals surface area contributed by atoms with E-state index in [1.165, 1.54) is 20.2 Å². The Morgan fingerprint density at radius 2 is 1.42 bits per heavy atom. The van der Waals surface area contributed by atoms with E-state index >= 15 is 0 Å². The summed E-state index contributed by atoms with van der Waals surface area (Å²) < 4.78 is 2.59. The monoisotopic (exact) mass is 352 g/mol. The fourth-order valence-electron chi connectivity index (χ4n) is 3.32. The Labute approximate surface area is 155 Å². The molecule has 0 aliphatic carbocycles. The van der Waals surface area contributed by atoms with E-state index in [2.05, 4.69) is 59.6 Å². The fraction of sp³-hybridized carbons (Fsp3) is 0.0435. The second kappa shape index (κ2) is 6.04. The molecule has 0 aliphatic heterocycles. The van der Waals surface area contributed by atoms with Crippen molar-refractivity contribution >= 4 is 31.5 Å². The molecule has 3 aromatic carbocycles. The van der Waals surface area contributed by atoms with Crippen LogP contribution < -0.4 is 0 Å². The largest absolute Gasteiger partial charge is 0.233 e. The molecule has 0 fully saturated rings. The van der Waals surface area contributed by atoms with Gasteiger partial charge in [-0.1, -0.05) is 60.7 Å². The summed E-state index contributed by atoms with van der Waals surface area (Å²) in [5.41, 5.74) is 4.11. The van der Waals surface area contributed by atoms with Crippen LogP contribution in [0.4, 0.5) is 0 Å². The van der Waals surface area contributed by atoms with Gasteiger partial charge in [0.15, 0.2) is 5.82 Å². The van der Waals surface area contributed by atoms with Crippen LogP contribution in [-0.2, 0) is 0 Å². The molecular weight excluding hydrogens is 336 g/mol. The Bertz CT molecular complexity index is 1240. The molecule has 3 heteroatoms. The molecule has 26 heavy (non-hydrogen) atoms. The number of fused-ring (bicyclic) bond motifs is 3. The zero-order chi connectivity index (χ0) is 17.5. The number of aryl methyl sites for hydroxylation is 1. The molecular formula is C23H16N2S. The maximum atomic E-state index is 4.83. The molecule has 0 unspecified atom stereocenters. The predicted octanol–water partition coefficient (Wildman–Crippen LogP) is 6.49. The highest BCUT2D eigenvalue weighted by Crippen LogP contribution is 2.35. The first-order chi connectivity index (χ1) is 12.8. The number of hydrogen-bond acceptors (Lipinski definition) is 3. The SMILES string of the molecule is Cc1cc(-c2ccccc2)nc(-c2ccc3c(c2)sc2ccccc23)n1. The van der Waals surface area contributed by atoms with Crippen molar-refractivity contribution in [1.82, 2.24) is 9.97 Å². The Morgan fingerprint density at radius 3 is 2.31 bits per heavy atom. The zero-order valence-corrected chi connectivity index (χ0v) is 15.1. The average Bonchev–Trinajstić information content (AvgIpc) is 3.06. The van der Waals surface area contributed by atoms with Crippen molar-refractivity contribution in [2.45, 2.75) is 6.92 Å². The number of nitrogens with zero attached hydrogens (tertiary/aromatic N) is 2. The van der Waals surface area contributed by atoms with Crippen molar-refractivity contribution < 1.29 is 0 Å². The first kappa shape index (κ1) is 15.2. The predicted molar refractivity (Wildman–Crippen MR) is 111 cm³/mol. The van der Waals surface area contributed by atoms with Gasteiger partial charge in [-0.15, -0.1) is 11.3 Å². The molecule has 0 radical (unpaired) electrons. The maximum absolute atomic E-state index is 4.83. The van der Waals surface area contributed by atoms with E-state index in [1.54, 1.807) is 0 Å². The van der Waals surface area contributed by atoms with Crippen LogP contribution in [0.1, 0.15) is 5.69 Å². The van der Waals surface area contributed by atoms with Crippen LogP contribution in [-0.4, -0.2) is 9.97 Å². The standard InChI is InChI=1S/C23H16N2S/c1-15-13-20(16-7-3-2-4-8-16)25-23(24-15)17-11-12-19-18-9-5-6-10-21(18)26-22(19)14-17/h2-14H,1H3. The van der Waals surface area contributed by atoms with E-state index < -0.39 is 0 Å². The molecule has 0 atom stereocenters. The van der Waals surface area contributed by atoms with Gasteiger partial charge in [0.25, 0.3) is 0 Å². The number of thiophene rings is 1. The molecule has 2 nitrogen and oxygen atoms in total. The van der Waals surface area contributed by atoms with Crippen molar-refractivity contribution in [2.24, 2.45) is 0 Å². The molecule has 0 bridgehead atoms. The van der Waals surface area contributed by atoms with E-state index in [1.807, 2.05) is 42.5 Å². The molecule has 0 spiro atoms. The Kier molecular flexibility index (Phi) is 3.54. The summed E-state index contributed by atoms with van der Waals surface area (Å²) in [6.07, 6.45) is 0. The van der Waals surface area contributed by atoms with Gasteiger partial charge in [0.2, 0.25) is 0 Å². The van der Waals surface area contributed by atoms with E-state index in [0.29, 0.717) is 0 Å². The van der Waals surface area contributed by atoms with Gasteiger partial charge >= 0.3 is 0 Å². The molecule has 5 rings (SSSR count). The lowest BCUT2D eigenvalue weighted by atomic mass is 10.1. The smallest absolute Gasteiger partial charge is 0.160 e. The highest BCUT2D eigenvalue weighted by molar-refractivity contribution is 7.25. The van der Waals surface area contributed by atoms with Crippen LogP contribution in [0, 0.1) is 6.92 Å². The molecule has 124 valence electrons. The summed E-state index contributed by atoms with van der Waals surface area (Å²) in [6.45, 7) is 2.02. The van der Waals surface area contributed by atoms with Crippen LogP contribution in [0.5, 0.6) is 0 Å².